The van der Waals surface area contributed by atoms with Crippen molar-refractivity contribution in [3.63, 3.8) is 0 Å². The molecule has 4 aromatic rings. The van der Waals surface area contributed by atoms with Crippen molar-refractivity contribution in [1.29, 1.82) is 0 Å². The molecule has 3 amide bonds. The minimum Gasteiger partial charge on any atom is -0.481 e. The first-order chi connectivity index (χ1) is 23.7. The van der Waals surface area contributed by atoms with Crippen LogP contribution in [0.25, 0.3) is 0 Å². The smallest absolute Gasteiger partial charge is 0.339 e. The van der Waals surface area contributed by atoms with Gasteiger partial charge in [0.05, 0.1) is 23.5 Å². The predicted molar refractivity (Wildman–Crippen MR) is 178 cm³/mol. The number of halogens is 3. The van der Waals surface area contributed by atoms with Crippen molar-refractivity contribution in [3.8, 4) is 18.1 Å². The molecule has 6 rings (SSSR count). The van der Waals surface area contributed by atoms with E-state index in [0.29, 0.717) is 22.3 Å². The molecule has 4 heterocycles. The maximum atomic E-state index is 14.5. The normalized spacial score (nSPS) is 14.8. The molecule has 2 aliphatic rings. The number of benzene rings is 2. The van der Waals surface area contributed by atoms with Gasteiger partial charge in [-0.05, 0) is 42.7 Å². The van der Waals surface area contributed by atoms with Crippen LogP contribution in [0.5, 0.6) is 5.75 Å². The number of carboxylic acid groups (broad SMARTS) is 1. The molecule has 0 aliphatic carbocycles. The topological polar surface area (TPSA) is 163 Å². The van der Waals surface area contributed by atoms with E-state index in [1.54, 1.807) is 0 Å². The van der Waals surface area contributed by atoms with E-state index in [1.807, 2.05) is 4.57 Å². The molecule has 17 heteroatoms. The molecule has 0 unspecified atom stereocenters. The third kappa shape index (κ3) is 8.15. The molecule has 2 aromatic carbocycles. The van der Waals surface area contributed by atoms with Crippen LogP contribution in [0.2, 0.25) is 0 Å². The number of amides is 3. The summed E-state index contributed by atoms with van der Waals surface area (Å²) in [6, 6.07) is 7.23. The van der Waals surface area contributed by atoms with Crippen LogP contribution in [0.4, 0.5) is 35.0 Å². The summed E-state index contributed by atoms with van der Waals surface area (Å²) in [6.07, 6.45) is 7.60. The zero-order chi connectivity index (χ0) is 36.2. The number of carboxylic acids is 1. The number of pyridine rings is 1. The number of nitrogens with one attached hydrogen (secondary N) is 2. The van der Waals surface area contributed by atoms with Gasteiger partial charge in [-0.1, -0.05) is 19.8 Å². The molecule has 0 saturated carbocycles. The molecule has 0 bridgehead atoms. The number of fused-ring (bicyclic) bond motifs is 2. The number of hydrogen-bond donors (Lipinski definition) is 3. The molecule has 13 nitrogen and oxygen atoms in total. The van der Waals surface area contributed by atoms with Crippen molar-refractivity contribution >= 4 is 52.2 Å². The first-order valence-corrected chi connectivity index (χ1v) is 15.6. The standard InChI is InChI=1S/C18H17FN4O2S.C15H12F2N4O3/c1-4-5-22-13-7-12(11(19)6-14(13)25-9-16(22)24)20-17-23-10-18(2,3)8-15(23)21-26-17;1-8(13-12(14(22)23)3-2-4-18-13)20-21-15(24)19-11-6-9(16)5-10(17)7-11/h1,6-7H,5,8-10H2,2-3H3;2-7H,1H3,(H,22,23)(H2,19,21,24)/b20-17-;20-8+. The number of hydrazone groups is 1. The average molecular weight is 707 g/mol. The van der Waals surface area contributed by atoms with Gasteiger partial charge in [-0.3, -0.25) is 14.7 Å². The van der Waals surface area contributed by atoms with E-state index in [9.17, 15) is 27.6 Å². The average Bonchev–Trinajstić information content (AvgIpc) is 3.56. The van der Waals surface area contributed by atoms with E-state index in [2.05, 4.69) is 50.0 Å². The van der Waals surface area contributed by atoms with E-state index in [1.165, 1.54) is 53.8 Å². The monoisotopic (exact) mass is 706 g/mol. The first kappa shape index (κ1) is 35.3. The maximum Gasteiger partial charge on any atom is 0.339 e. The van der Waals surface area contributed by atoms with E-state index in [4.69, 9.17) is 16.3 Å². The Kier molecular flexibility index (Phi) is 10.3. The molecule has 2 aliphatic heterocycles. The number of urea groups is 1. The summed E-state index contributed by atoms with van der Waals surface area (Å²) in [5.41, 5.74) is 2.83. The summed E-state index contributed by atoms with van der Waals surface area (Å²) in [7, 11) is 0. The number of carbonyl (C=O) groups excluding carboxylic acids is 2. The first-order valence-electron chi connectivity index (χ1n) is 14.8. The number of terminal acetylenes is 1. The summed E-state index contributed by atoms with van der Waals surface area (Å²) in [5.74, 6) is 0.0484. The number of aromatic carboxylic acids is 1. The SMILES string of the molecule is C#CCN1C(=O)COc2cc(F)c(/N=c3\snc4n3CC(C)(C)C4)cc21.C/C(=N\NC(=O)Nc1cc(F)cc(F)c1)c1ncccc1C(=O)O. The zero-order valence-electron chi connectivity index (χ0n) is 26.8. The lowest BCUT2D eigenvalue weighted by atomic mass is 9.92. The van der Waals surface area contributed by atoms with Gasteiger partial charge in [0.25, 0.3) is 5.91 Å². The molecule has 0 radical (unpaired) electrons. The Morgan fingerprint density at radius 3 is 2.62 bits per heavy atom. The Labute approximate surface area is 287 Å². The van der Waals surface area contributed by atoms with Gasteiger partial charge in [-0.15, -0.1) is 6.42 Å². The highest BCUT2D eigenvalue weighted by atomic mass is 32.1. The van der Waals surface area contributed by atoms with Crippen molar-refractivity contribution in [2.75, 3.05) is 23.4 Å². The van der Waals surface area contributed by atoms with E-state index in [-0.39, 0.29) is 52.8 Å². The maximum absolute atomic E-state index is 14.5. The van der Waals surface area contributed by atoms with Crippen LogP contribution in [0.15, 0.2) is 58.8 Å². The fourth-order valence-corrected chi connectivity index (χ4v) is 5.84. The van der Waals surface area contributed by atoms with Crippen LogP contribution >= 0.6 is 11.5 Å². The van der Waals surface area contributed by atoms with Crippen LogP contribution in [0.3, 0.4) is 0 Å². The van der Waals surface area contributed by atoms with Crippen LogP contribution < -0.4 is 25.2 Å². The van der Waals surface area contributed by atoms with Gasteiger partial charge in [-0.2, -0.15) is 9.47 Å². The molecule has 50 heavy (non-hydrogen) atoms. The van der Waals surface area contributed by atoms with E-state index < -0.39 is 29.5 Å². The van der Waals surface area contributed by atoms with Crippen LogP contribution in [-0.4, -0.2) is 55.8 Å². The highest BCUT2D eigenvalue weighted by molar-refractivity contribution is 7.02. The minimum absolute atomic E-state index is 0.0758. The molecule has 0 atom stereocenters. The third-order valence-corrected chi connectivity index (χ3v) is 8.04. The molecule has 258 valence electrons. The summed E-state index contributed by atoms with van der Waals surface area (Å²) in [6.45, 7) is 6.51. The number of carbonyl (C=O) groups is 3. The van der Waals surface area contributed by atoms with Gasteiger partial charge in [-0.25, -0.2) is 33.2 Å². The molecule has 0 spiro atoms. The molecule has 0 saturated heterocycles. The van der Waals surface area contributed by atoms with Gasteiger partial charge in [0, 0.05) is 48.5 Å². The van der Waals surface area contributed by atoms with Gasteiger partial charge in [0.2, 0.25) is 4.80 Å². The number of nitrogens with zero attached hydrogens (tertiary/aromatic N) is 6. The fraction of sp³-hybridized carbons (Fsp3) is 0.242. The van der Waals surface area contributed by atoms with Crippen LogP contribution in [-0.2, 0) is 17.8 Å². The fourth-order valence-electron chi connectivity index (χ4n) is 5.08. The van der Waals surface area contributed by atoms with Crippen LogP contribution in [0.1, 0.15) is 42.6 Å². The number of ether oxygens (including phenoxy) is 1. The number of rotatable bonds is 6. The quantitative estimate of drug-likeness (QED) is 0.147. The van der Waals surface area contributed by atoms with E-state index in [0.717, 1.165) is 30.9 Å². The lowest BCUT2D eigenvalue weighted by Crippen LogP contribution is -2.39. The predicted octanol–water partition coefficient (Wildman–Crippen LogP) is 4.86. The zero-order valence-corrected chi connectivity index (χ0v) is 27.6. The molecular weight excluding hydrogens is 677 g/mol. The highest BCUT2D eigenvalue weighted by Crippen LogP contribution is 2.37. The lowest BCUT2D eigenvalue weighted by Gasteiger charge is -2.28. The molecule has 0 fully saturated rings. The van der Waals surface area contributed by atoms with Crippen molar-refractivity contribution in [2.45, 2.75) is 33.7 Å². The van der Waals surface area contributed by atoms with Crippen molar-refractivity contribution in [3.05, 3.63) is 88.0 Å². The highest BCUT2D eigenvalue weighted by Gasteiger charge is 2.31. The lowest BCUT2D eigenvalue weighted by molar-refractivity contribution is -0.121. The Hall–Kier alpha value is -6.02. The van der Waals surface area contributed by atoms with Crippen molar-refractivity contribution < 1.29 is 37.4 Å². The number of aromatic nitrogens is 3. The Balaban J connectivity index is 0.000000195. The van der Waals surface area contributed by atoms with Gasteiger partial charge < -0.3 is 19.7 Å². The van der Waals surface area contributed by atoms with Crippen LogP contribution in [0, 0.1) is 35.2 Å². The van der Waals surface area contributed by atoms with Gasteiger partial charge in [0.15, 0.2) is 12.4 Å². The van der Waals surface area contributed by atoms with Crippen molar-refractivity contribution in [1.82, 2.24) is 19.4 Å². The second kappa shape index (κ2) is 14.6. The molecular formula is C33H29F3N8O5S. The summed E-state index contributed by atoms with van der Waals surface area (Å²) < 4.78 is 52.4. The van der Waals surface area contributed by atoms with Crippen molar-refractivity contribution in [2.24, 2.45) is 15.5 Å². The second-order valence-electron chi connectivity index (χ2n) is 11.8. The summed E-state index contributed by atoms with van der Waals surface area (Å²) in [5, 5.41) is 15.0. The van der Waals surface area contributed by atoms with Gasteiger partial charge >= 0.3 is 12.0 Å². The van der Waals surface area contributed by atoms with E-state index >= 15 is 0 Å². The third-order valence-electron chi connectivity index (χ3n) is 7.26. The second-order valence-corrected chi connectivity index (χ2v) is 12.5. The minimum atomic E-state index is -1.19. The Morgan fingerprint density at radius 1 is 1.18 bits per heavy atom. The Morgan fingerprint density at radius 2 is 1.92 bits per heavy atom. The number of anilines is 2. The molecule has 3 N–H and O–H groups in total. The summed E-state index contributed by atoms with van der Waals surface area (Å²) in [4.78, 5) is 45.2. The van der Waals surface area contributed by atoms with Gasteiger partial charge in [0.1, 0.15) is 34.6 Å². The summed E-state index contributed by atoms with van der Waals surface area (Å²) >= 11 is 1.24. The molecule has 2 aromatic heterocycles. The Bertz CT molecular complexity index is 2120. The number of hydrogen-bond acceptors (Lipinski definition) is 9. The largest absolute Gasteiger partial charge is 0.481 e.